The molecule has 0 aliphatic carbocycles. The molecule has 0 aliphatic rings. The van der Waals surface area contributed by atoms with Crippen LogP contribution in [0.5, 0.6) is 0 Å². The smallest absolute Gasteiger partial charge is 0.00978 e. The van der Waals surface area contributed by atoms with Crippen molar-refractivity contribution in [3.8, 4) is 0 Å². The summed E-state index contributed by atoms with van der Waals surface area (Å²) in [7, 11) is 0. The van der Waals surface area contributed by atoms with E-state index >= 15 is 0 Å². The summed E-state index contributed by atoms with van der Waals surface area (Å²) < 4.78 is 0. The summed E-state index contributed by atoms with van der Waals surface area (Å²) >= 11 is 4.26. The van der Waals surface area contributed by atoms with Gasteiger partial charge in [0.15, 0.2) is 0 Å². The van der Waals surface area contributed by atoms with E-state index < -0.39 is 0 Å². The van der Waals surface area contributed by atoms with Crippen LogP contribution in [-0.2, 0) is 0 Å². The van der Waals surface area contributed by atoms with Gasteiger partial charge in [-0.3, -0.25) is 0 Å². The average Bonchev–Trinajstić information content (AvgIpc) is 1.95. The molecule has 0 amide bonds. The maximum absolute atomic E-state index is 4.26. The van der Waals surface area contributed by atoms with Gasteiger partial charge >= 0.3 is 0 Å². The van der Waals surface area contributed by atoms with Crippen molar-refractivity contribution in [2.45, 2.75) is 53.4 Å². The molecule has 0 heterocycles. The van der Waals surface area contributed by atoms with Crippen LogP contribution in [-0.4, -0.2) is 5.75 Å². The first-order chi connectivity index (χ1) is 5.52. The van der Waals surface area contributed by atoms with Crippen molar-refractivity contribution < 1.29 is 0 Å². The van der Waals surface area contributed by atoms with Gasteiger partial charge in [-0.1, -0.05) is 40.5 Å². The molecule has 0 nitrogen and oxygen atoms in total. The van der Waals surface area contributed by atoms with Crippen molar-refractivity contribution in [2.75, 3.05) is 5.75 Å². The van der Waals surface area contributed by atoms with Crippen LogP contribution in [0.25, 0.3) is 0 Å². The van der Waals surface area contributed by atoms with Crippen LogP contribution in [0.4, 0.5) is 0 Å². The van der Waals surface area contributed by atoms with Gasteiger partial charge in [0, 0.05) is 0 Å². The predicted molar refractivity (Wildman–Crippen MR) is 60.9 cm³/mol. The van der Waals surface area contributed by atoms with Crippen LogP contribution in [0, 0.1) is 11.3 Å². The minimum Gasteiger partial charge on any atom is -0.179 e. The minimum absolute atomic E-state index is 0.485. The van der Waals surface area contributed by atoms with Gasteiger partial charge < -0.3 is 0 Å². The third kappa shape index (κ3) is 5.08. The van der Waals surface area contributed by atoms with E-state index in [1.54, 1.807) is 0 Å². The Kier molecular flexibility index (Phi) is 6.08. The Balaban J connectivity index is 3.86. The molecule has 0 aromatic rings. The Morgan fingerprint density at radius 3 is 2.08 bits per heavy atom. The molecule has 0 aromatic heterocycles. The third-order valence-electron chi connectivity index (χ3n) is 2.57. The SMILES string of the molecule is CCCC(CCCS)C(C)(C)C. The fourth-order valence-electron chi connectivity index (χ4n) is 1.70. The fraction of sp³-hybridized carbons (Fsp3) is 1.00. The van der Waals surface area contributed by atoms with E-state index in [0.29, 0.717) is 5.41 Å². The molecule has 0 aromatic carbocycles. The molecular weight excluding hydrogens is 164 g/mol. The Hall–Kier alpha value is 0.350. The van der Waals surface area contributed by atoms with Crippen molar-refractivity contribution in [1.82, 2.24) is 0 Å². The summed E-state index contributed by atoms with van der Waals surface area (Å²) in [4.78, 5) is 0. The van der Waals surface area contributed by atoms with Crippen molar-refractivity contribution in [3.63, 3.8) is 0 Å². The first-order valence-electron chi connectivity index (χ1n) is 5.13. The van der Waals surface area contributed by atoms with Gasteiger partial charge in [-0.05, 0) is 29.9 Å². The monoisotopic (exact) mass is 188 g/mol. The molecule has 0 saturated carbocycles. The molecule has 12 heavy (non-hydrogen) atoms. The molecule has 0 bridgehead atoms. The van der Waals surface area contributed by atoms with E-state index in [4.69, 9.17) is 0 Å². The Morgan fingerprint density at radius 1 is 1.17 bits per heavy atom. The first kappa shape index (κ1) is 12.3. The molecule has 0 fully saturated rings. The highest BCUT2D eigenvalue weighted by Crippen LogP contribution is 2.33. The molecule has 1 atom stereocenters. The van der Waals surface area contributed by atoms with Gasteiger partial charge in [-0.25, -0.2) is 0 Å². The van der Waals surface area contributed by atoms with Crippen molar-refractivity contribution in [1.29, 1.82) is 0 Å². The maximum Gasteiger partial charge on any atom is -0.00978 e. The van der Waals surface area contributed by atoms with E-state index in [-0.39, 0.29) is 0 Å². The largest absolute Gasteiger partial charge is 0.179 e. The van der Waals surface area contributed by atoms with Crippen LogP contribution >= 0.6 is 12.6 Å². The summed E-state index contributed by atoms with van der Waals surface area (Å²) in [5.74, 6) is 1.92. The van der Waals surface area contributed by atoms with Gasteiger partial charge in [0.2, 0.25) is 0 Å². The van der Waals surface area contributed by atoms with Crippen molar-refractivity contribution in [2.24, 2.45) is 11.3 Å². The normalized spacial score (nSPS) is 14.8. The second-order valence-electron chi connectivity index (χ2n) is 4.72. The van der Waals surface area contributed by atoms with Gasteiger partial charge in [-0.2, -0.15) is 12.6 Å². The van der Waals surface area contributed by atoms with E-state index in [1.807, 2.05) is 0 Å². The zero-order valence-electron chi connectivity index (χ0n) is 9.06. The quantitative estimate of drug-likeness (QED) is 0.615. The lowest BCUT2D eigenvalue weighted by molar-refractivity contribution is 0.209. The van der Waals surface area contributed by atoms with Gasteiger partial charge in [0.05, 0.1) is 0 Å². The van der Waals surface area contributed by atoms with E-state index in [9.17, 15) is 0 Å². The summed E-state index contributed by atoms with van der Waals surface area (Å²) in [6.45, 7) is 9.34. The van der Waals surface area contributed by atoms with Crippen LogP contribution in [0.2, 0.25) is 0 Å². The molecule has 74 valence electrons. The molecule has 1 heteroatoms. The van der Waals surface area contributed by atoms with E-state index in [0.717, 1.165) is 11.7 Å². The standard InChI is InChI=1S/C11H24S/c1-5-7-10(8-6-9-12)11(2,3)4/h10,12H,5-9H2,1-4H3. The summed E-state index contributed by atoms with van der Waals surface area (Å²) in [5.41, 5.74) is 0.485. The molecule has 0 aliphatic heterocycles. The lowest BCUT2D eigenvalue weighted by Crippen LogP contribution is -2.20. The highest BCUT2D eigenvalue weighted by Gasteiger charge is 2.22. The second-order valence-corrected chi connectivity index (χ2v) is 5.16. The lowest BCUT2D eigenvalue weighted by Gasteiger charge is -2.30. The van der Waals surface area contributed by atoms with Crippen molar-refractivity contribution >= 4 is 12.6 Å². The van der Waals surface area contributed by atoms with E-state index in [1.165, 1.54) is 25.7 Å². The van der Waals surface area contributed by atoms with Gasteiger partial charge in [0.1, 0.15) is 0 Å². The highest BCUT2D eigenvalue weighted by atomic mass is 32.1. The van der Waals surface area contributed by atoms with E-state index in [2.05, 4.69) is 40.3 Å². The number of thiol groups is 1. The number of hydrogen-bond donors (Lipinski definition) is 1. The Bertz CT molecular complexity index is 102. The predicted octanol–water partition coefficient (Wildman–Crippen LogP) is 4.16. The summed E-state index contributed by atoms with van der Waals surface area (Å²) in [6, 6.07) is 0. The first-order valence-corrected chi connectivity index (χ1v) is 5.76. The maximum atomic E-state index is 4.26. The molecule has 0 N–H and O–H groups in total. The molecule has 1 unspecified atom stereocenters. The summed E-state index contributed by atoms with van der Waals surface area (Å²) in [6.07, 6.45) is 5.30. The fourth-order valence-corrected chi connectivity index (χ4v) is 1.88. The molecule has 0 radical (unpaired) electrons. The molecule has 0 spiro atoms. The summed E-state index contributed by atoms with van der Waals surface area (Å²) in [5, 5.41) is 0. The Morgan fingerprint density at radius 2 is 1.75 bits per heavy atom. The minimum atomic E-state index is 0.485. The number of hydrogen-bond acceptors (Lipinski definition) is 1. The molecular formula is C11H24S. The molecule has 0 rings (SSSR count). The molecule has 0 saturated heterocycles. The lowest BCUT2D eigenvalue weighted by atomic mass is 9.76. The van der Waals surface area contributed by atoms with Crippen LogP contribution in [0.1, 0.15) is 53.4 Å². The van der Waals surface area contributed by atoms with Crippen LogP contribution in [0.15, 0.2) is 0 Å². The van der Waals surface area contributed by atoms with Gasteiger partial charge in [-0.15, -0.1) is 0 Å². The number of rotatable bonds is 5. The highest BCUT2D eigenvalue weighted by molar-refractivity contribution is 7.80. The van der Waals surface area contributed by atoms with Crippen LogP contribution in [0.3, 0.4) is 0 Å². The van der Waals surface area contributed by atoms with Crippen molar-refractivity contribution in [3.05, 3.63) is 0 Å². The average molecular weight is 188 g/mol. The Labute approximate surface area is 83.5 Å². The zero-order valence-corrected chi connectivity index (χ0v) is 9.95. The third-order valence-corrected chi connectivity index (χ3v) is 2.89. The topological polar surface area (TPSA) is 0 Å². The van der Waals surface area contributed by atoms with Crippen LogP contribution < -0.4 is 0 Å². The van der Waals surface area contributed by atoms with Gasteiger partial charge in [0.25, 0.3) is 0 Å². The second kappa shape index (κ2) is 5.90. The zero-order chi connectivity index (χ0) is 9.61.